The Balaban J connectivity index is 1.26. The van der Waals surface area contributed by atoms with Crippen LogP contribution in [0.15, 0.2) is 30.5 Å². The van der Waals surface area contributed by atoms with Gasteiger partial charge in [0.2, 0.25) is 0 Å². The average molecular weight is 369 g/mol. The molecule has 0 aliphatic heterocycles. The lowest BCUT2D eigenvalue weighted by atomic mass is 9.85. The molecule has 0 spiro atoms. The second-order valence-corrected chi connectivity index (χ2v) is 7.91. The summed E-state index contributed by atoms with van der Waals surface area (Å²) in [6.45, 7) is 3.85. The molecule has 7 heteroatoms. The number of para-hydroxylation sites is 1. The van der Waals surface area contributed by atoms with Crippen LogP contribution in [0.5, 0.6) is 0 Å². The van der Waals surface area contributed by atoms with Gasteiger partial charge >= 0.3 is 5.97 Å². The van der Waals surface area contributed by atoms with Crippen molar-refractivity contribution in [3.63, 3.8) is 0 Å². The zero-order valence-corrected chi connectivity index (χ0v) is 15.7. The van der Waals surface area contributed by atoms with Gasteiger partial charge in [-0.05, 0) is 50.2 Å². The van der Waals surface area contributed by atoms with Gasteiger partial charge in [-0.1, -0.05) is 23.4 Å². The molecular weight excluding hydrogens is 342 g/mol. The van der Waals surface area contributed by atoms with Gasteiger partial charge in [-0.2, -0.15) is 0 Å². The zero-order valence-electron chi connectivity index (χ0n) is 15.7. The third-order valence-corrected chi connectivity index (χ3v) is 5.63. The van der Waals surface area contributed by atoms with Crippen LogP contribution < -0.4 is 5.32 Å². The predicted molar refractivity (Wildman–Crippen MR) is 102 cm³/mol. The summed E-state index contributed by atoms with van der Waals surface area (Å²) in [5, 5.41) is 21.2. The second kappa shape index (κ2) is 7.78. The largest absolute Gasteiger partial charge is 0.480 e. The first-order valence-corrected chi connectivity index (χ1v) is 9.75. The molecule has 2 aliphatic rings. The fourth-order valence-corrected chi connectivity index (χ4v) is 3.77. The summed E-state index contributed by atoms with van der Waals surface area (Å²) in [6.07, 6.45) is 6.48. The van der Waals surface area contributed by atoms with Crippen molar-refractivity contribution in [2.24, 2.45) is 5.92 Å². The molecule has 4 rings (SSSR count). The summed E-state index contributed by atoms with van der Waals surface area (Å²) in [5.74, 6) is -0.00674. The fraction of sp³-hybridized carbons (Fsp3) is 0.550. The maximum absolute atomic E-state index is 11.1. The SMILES string of the molecule is Cc1ccccc1-n1cc(CNC2CC(N(CC(=O)O)CC3CC3)C2)nn1. The highest BCUT2D eigenvalue weighted by atomic mass is 16.4. The van der Waals surface area contributed by atoms with Crippen molar-refractivity contribution in [1.82, 2.24) is 25.2 Å². The van der Waals surface area contributed by atoms with E-state index in [1.807, 2.05) is 29.1 Å². The first-order valence-electron chi connectivity index (χ1n) is 9.75. The third-order valence-electron chi connectivity index (χ3n) is 5.63. The van der Waals surface area contributed by atoms with Gasteiger partial charge in [0.05, 0.1) is 24.1 Å². The average Bonchev–Trinajstić information content (AvgIpc) is 3.28. The quantitative estimate of drug-likeness (QED) is 0.703. The molecule has 1 aromatic heterocycles. The van der Waals surface area contributed by atoms with Crippen LogP contribution in [0, 0.1) is 12.8 Å². The molecule has 2 N–H and O–H groups in total. The number of carbonyl (C=O) groups is 1. The number of nitrogens with zero attached hydrogens (tertiary/aromatic N) is 4. The minimum atomic E-state index is -0.722. The van der Waals surface area contributed by atoms with Crippen molar-refractivity contribution in [3.05, 3.63) is 41.7 Å². The Hall–Kier alpha value is -2.25. The predicted octanol–water partition coefficient (Wildman–Crippen LogP) is 1.99. The highest BCUT2D eigenvalue weighted by Gasteiger charge is 2.36. The molecule has 0 bridgehead atoms. The van der Waals surface area contributed by atoms with E-state index in [9.17, 15) is 4.79 Å². The molecule has 27 heavy (non-hydrogen) atoms. The maximum atomic E-state index is 11.1. The molecule has 1 heterocycles. The van der Waals surface area contributed by atoms with E-state index in [-0.39, 0.29) is 6.54 Å². The van der Waals surface area contributed by atoms with E-state index in [1.165, 1.54) is 12.8 Å². The molecule has 144 valence electrons. The summed E-state index contributed by atoms with van der Waals surface area (Å²) >= 11 is 0. The summed E-state index contributed by atoms with van der Waals surface area (Å²) in [6, 6.07) is 8.93. The minimum Gasteiger partial charge on any atom is -0.480 e. The van der Waals surface area contributed by atoms with Gasteiger partial charge in [0, 0.05) is 25.2 Å². The van der Waals surface area contributed by atoms with Gasteiger partial charge in [0.15, 0.2) is 0 Å². The van der Waals surface area contributed by atoms with Crippen LogP contribution in [0.25, 0.3) is 5.69 Å². The van der Waals surface area contributed by atoms with Gasteiger partial charge in [0.1, 0.15) is 0 Å². The van der Waals surface area contributed by atoms with Crippen LogP contribution in [0.3, 0.4) is 0 Å². The smallest absolute Gasteiger partial charge is 0.317 e. The van der Waals surface area contributed by atoms with E-state index in [0.717, 1.165) is 36.3 Å². The van der Waals surface area contributed by atoms with Crippen LogP contribution in [-0.4, -0.2) is 56.1 Å². The lowest BCUT2D eigenvalue weighted by Gasteiger charge is -2.42. The summed E-state index contributed by atoms with van der Waals surface area (Å²) in [5.41, 5.74) is 3.13. The summed E-state index contributed by atoms with van der Waals surface area (Å²) < 4.78 is 1.82. The second-order valence-electron chi connectivity index (χ2n) is 7.91. The van der Waals surface area contributed by atoms with E-state index >= 15 is 0 Å². The van der Waals surface area contributed by atoms with E-state index in [1.54, 1.807) is 0 Å². The van der Waals surface area contributed by atoms with Crippen LogP contribution in [0.2, 0.25) is 0 Å². The monoisotopic (exact) mass is 369 g/mol. The number of aliphatic carboxylic acids is 1. The lowest BCUT2D eigenvalue weighted by Crippen LogP contribution is -2.54. The van der Waals surface area contributed by atoms with E-state index in [4.69, 9.17) is 5.11 Å². The van der Waals surface area contributed by atoms with Gasteiger partial charge in [0.25, 0.3) is 0 Å². The van der Waals surface area contributed by atoms with Gasteiger partial charge in [-0.15, -0.1) is 5.10 Å². The molecule has 2 aliphatic carbocycles. The zero-order chi connectivity index (χ0) is 18.8. The Kier molecular flexibility index (Phi) is 5.22. The number of hydrogen-bond donors (Lipinski definition) is 2. The third kappa shape index (κ3) is 4.54. The highest BCUT2D eigenvalue weighted by molar-refractivity contribution is 5.69. The number of aromatic nitrogens is 3. The molecule has 0 atom stereocenters. The van der Waals surface area contributed by atoms with Crippen LogP contribution >= 0.6 is 0 Å². The Morgan fingerprint density at radius 3 is 2.81 bits per heavy atom. The first-order chi connectivity index (χ1) is 13.1. The Bertz CT molecular complexity index is 795. The molecule has 0 saturated heterocycles. The molecule has 2 fully saturated rings. The van der Waals surface area contributed by atoms with Crippen LogP contribution in [0.4, 0.5) is 0 Å². The number of nitrogens with one attached hydrogen (secondary N) is 1. The topological polar surface area (TPSA) is 83.3 Å². The number of carboxylic acid groups (broad SMARTS) is 1. The fourth-order valence-electron chi connectivity index (χ4n) is 3.77. The van der Waals surface area contributed by atoms with Crippen LogP contribution in [0.1, 0.15) is 36.9 Å². The molecule has 2 saturated carbocycles. The Morgan fingerprint density at radius 1 is 1.33 bits per heavy atom. The minimum absolute atomic E-state index is 0.165. The molecule has 2 aromatic rings. The van der Waals surface area contributed by atoms with Gasteiger partial charge in [-0.3, -0.25) is 9.69 Å². The van der Waals surface area contributed by atoms with Gasteiger partial charge in [-0.25, -0.2) is 4.68 Å². The number of rotatable bonds is 9. The normalized spacial score (nSPS) is 22.0. The lowest BCUT2D eigenvalue weighted by molar-refractivity contribution is -0.139. The van der Waals surface area contributed by atoms with Crippen molar-refractivity contribution in [2.75, 3.05) is 13.1 Å². The molecule has 0 amide bonds. The number of hydrogen-bond acceptors (Lipinski definition) is 5. The van der Waals surface area contributed by atoms with Crippen molar-refractivity contribution in [3.8, 4) is 5.69 Å². The number of aryl methyl sites for hydroxylation is 1. The first kappa shape index (κ1) is 18.1. The van der Waals surface area contributed by atoms with Crippen molar-refractivity contribution < 1.29 is 9.90 Å². The molecule has 1 aromatic carbocycles. The number of benzene rings is 1. The summed E-state index contributed by atoms with van der Waals surface area (Å²) in [4.78, 5) is 13.3. The maximum Gasteiger partial charge on any atom is 0.317 e. The van der Waals surface area contributed by atoms with Crippen molar-refractivity contribution >= 4 is 5.97 Å². The van der Waals surface area contributed by atoms with Crippen molar-refractivity contribution in [1.29, 1.82) is 0 Å². The molecule has 0 radical (unpaired) electrons. The number of carboxylic acids is 1. The molecular formula is C20H27N5O2. The Labute approximate surface area is 159 Å². The van der Waals surface area contributed by atoms with Gasteiger partial charge < -0.3 is 10.4 Å². The summed E-state index contributed by atoms with van der Waals surface area (Å²) in [7, 11) is 0. The standard InChI is InChI=1S/C20H27N5O2/c1-14-4-2-3-5-19(14)25-12-17(22-23-25)10-21-16-8-18(9-16)24(13-20(26)27)11-15-6-7-15/h2-5,12,15-16,18,21H,6-11,13H2,1H3,(H,26,27). The molecule has 7 nitrogen and oxygen atoms in total. The van der Waals surface area contributed by atoms with Crippen molar-refractivity contribution in [2.45, 2.75) is 51.2 Å². The van der Waals surface area contributed by atoms with E-state index in [0.29, 0.717) is 24.5 Å². The van der Waals surface area contributed by atoms with E-state index in [2.05, 4.69) is 33.5 Å². The van der Waals surface area contributed by atoms with E-state index < -0.39 is 5.97 Å². The highest BCUT2D eigenvalue weighted by Crippen LogP contribution is 2.33. The van der Waals surface area contributed by atoms with Crippen LogP contribution in [-0.2, 0) is 11.3 Å². The molecule has 0 unspecified atom stereocenters. The Morgan fingerprint density at radius 2 is 2.11 bits per heavy atom.